The molecule has 17 heavy (non-hydrogen) atoms. The Morgan fingerprint density at radius 3 is 2.71 bits per heavy atom. The first-order chi connectivity index (χ1) is 8.43. The van der Waals surface area contributed by atoms with Crippen LogP contribution in [0.2, 0.25) is 0 Å². The molecule has 0 spiro atoms. The highest BCUT2D eigenvalue weighted by molar-refractivity contribution is 4.88. The lowest BCUT2D eigenvalue weighted by Gasteiger charge is -2.44. The molecular weight excluding hydrogens is 208 g/mol. The van der Waals surface area contributed by atoms with Crippen LogP contribution in [-0.2, 0) is 0 Å². The lowest BCUT2D eigenvalue weighted by atomic mass is 9.78. The average molecular weight is 236 g/mol. The first-order valence-corrected chi connectivity index (χ1v) is 7.91. The second kappa shape index (κ2) is 5.71. The molecule has 0 radical (unpaired) electrons. The molecule has 3 aliphatic rings. The predicted octanol–water partition coefficient (Wildman–Crippen LogP) is 2.78. The van der Waals surface area contributed by atoms with Gasteiger partial charge in [-0.1, -0.05) is 12.8 Å². The van der Waals surface area contributed by atoms with Crippen LogP contribution < -0.4 is 5.32 Å². The van der Waals surface area contributed by atoms with Gasteiger partial charge in [0.1, 0.15) is 0 Å². The van der Waals surface area contributed by atoms with Crippen molar-refractivity contribution in [3.63, 3.8) is 0 Å². The van der Waals surface area contributed by atoms with Crippen LogP contribution >= 0.6 is 0 Å². The molecular formula is C15H28N2. The molecule has 0 aromatic carbocycles. The van der Waals surface area contributed by atoms with Crippen molar-refractivity contribution in [1.82, 2.24) is 10.2 Å². The third-order valence-corrected chi connectivity index (χ3v) is 5.29. The molecule has 2 heterocycles. The molecule has 3 fully saturated rings. The van der Waals surface area contributed by atoms with Crippen LogP contribution in [0, 0.1) is 5.92 Å². The zero-order valence-corrected chi connectivity index (χ0v) is 11.2. The number of fused-ring (bicyclic) bond motifs is 1. The summed E-state index contributed by atoms with van der Waals surface area (Å²) in [6.07, 6.45) is 13.2. The Bertz CT molecular complexity index is 233. The highest BCUT2D eigenvalue weighted by Crippen LogP contribution is 2.35. The third kappa shape index (κ3) is 2.85. The maximum Gasteiger partial charge on any atom is 0.0123 e. The van der Waals surface area contributed by atoms with Gasteiger partial charge in [0.25, 0.3) is 0 Å². The fourth-order valence-electron chi connectivity index (χ4n) is 4.33. The Labute approximate surface area is 106 Å². The van der Waals surface area contributed by atoms with Crippen LogP contribution in [0.3, 0.4) is 0 Å². The summed E-state index contributed by atoms with van der Waals surface area (Å²) in [5.74, 6) is 1.05. The van der Waals surface area contributed by atoms with E-state index in [0.29, 0.717) is 0 Å². The normalized spacial score (nSPS) is 39.2. The molecule has 1 aliphatic carbocycles. The van der Waals surface area contributed by atoms with E-state index in [9.17, 15) is 0 Å². The number of likely N-dealkylation sites (tertiary alicyclic amines) is 1. The van der Waals surface area contributed by atoms with Gasteiger partial charge in [0.2, 0.25) is 0 Å². The van der Waals surface area contributed by atoms with Crippen LogP contribution in [0.1, 0.15) is 57.8 Å². The van der Waals surface area contributed by atoms with Crippen LogP contribution in [-0.4, -0.2) is 36.6 Å². The summed E-state index contributed by atoms with van der Waals surface area (Å²) in [5, 5.41) is 3.64. The van der Waals surface area contributed by atoms with Gasteiger partial charge in [0.15, 0.2) is 0 Å². The zero-order valence-electron chi connectivity index (χ0n) is 11.2. The Morgan fingerprint density at radius 2 is 1.82 bits per heavy atom. The molecule has 1 saturated carbocycles. The van der Waals surface area contributed by atoms with Gasteiger partial charge in [-0.3, -0.25) is 0 Å². The van der Waals surface area contributed by atoms with Gasteiger partial charge < -0.3 is 10.2 Å². The Hall–Kier alpha value is -0.0800. The van der Waals surface area contributed by atoms with Gasteiger partial charge in [-0.15, -0.1) is 0 Å². The van der Waals surface area contributed by atoms with Gasteiger partial charge >= 0.3 is 0 Å². The van der Waals surface area contributed by atoms with Crippen LogP contribution in [0.15, 0.2) is 0 Å². The van der Waals surface area contributed by atoms with E-state index in [2.05, 4.69) is 10.2 Å². The third-order valence-electron chi connectivity index (χ3n) is 5.29. The number of hydrogen-bond donors (Lipinski definition) is 1. The number of piperidine rings is 1. The molecule has 0 aromatic heterocycles. The lowest BCUT2D eigenvalue weighted by molar-refractivity contribution is 0.0582. The van der Waals surface area contributed by atoms with Gasteiger partial charge in [-0.05, 0) is 70.5 Å². The molecule has 3 atom stereocenters. The molecule has 3 rings (SSSR count). The number of rotatable bonds is 3. The zero-order chi connectivity index (χ0) is 11.5. The Kier molecular flexibility index (Phi) is 4.02. The first-order valence-electron chi connectivity index (χ1n) is 7.91. The van der Waals surface area contributed by atoms with Crippen molar-refractivity contribution in [2.45, 2.75) is 69.9 Å². The topological polar surface area (TPSA) is 15.3 Å². The summed E-state index contributed by atoms with van der Waals surface area (Å²) in [4.78, 5) is 2.84. The highest BCUT2D eigenvalue weighted by Gasteiger charge is 2.33. The quantitative estimate of drug-likeness (QED) is 0.810. The summed E-state index contributed by atoms with van der Waals surface area (Å²) >= 11 is 0. The fourth-order valence-corrected chi connectivity index (χ4v) is 4.33. The second-order valence-corrected chi connectivity index (χ2v) is 6.37. The van der Waals surface area contributed by atoms with Crippen molar-refractivity contribution in [1.29, 1.82) is 0 Å². The van der Waals surface area contributed by atoms with E-state index in [1.54, 1.807) is 0 Å². The summed E-state index contributed by atoms with van der Waals surface area (Å²) in [5.41, 5.74) is 0. The summed E-state index contributed by atoms with van der Waals surface area (Å²) in [7, 11) is 0. The van der Waals surface area contributed by atoms with E-state index in [1.807, 2.05) is 0 Å². The second-order valence-electron chi connectivity index (χ2n) is 6.37. The van der Waals surface area contributed by atoms with E-state index < -0.39 is 0 Å². The molecule has 2 saturated heterocycles. The fraction of sp³-hybridized carbons (Fsp3) is 1.00. The highest BCUT2D eigenvalue weighted by atomic mass is 15.2. The minimum atomic E-state index is 0.832. The van der Waals surface area contributed by atoms with Crippen molar-refractivity contribution in [3.05, 3.63) is 0 Å². The molecule has 3 unspecified atom stereocenters. The minimum Gasteiger partial charge on any atom is -0.314 e. The van der Waals surface area contributed by atoms with E-state index in [-0.39, 0.29) is 0 Å². The van der Waals surface area contributed by atoms with E-state index in [1.165, 1.54) is 77.4 Å². The van der Waals surface area contributed by atoms with Crippen LogP contribution in [0.4, 0.5) is 0 Å². The first kappa shape index (κ1) is 12.0. The van der Waals surface area contributed by atoms with Gasteiger partial charge in [0.05, 0.1) is 0 Å². The molecule has 1 N–H and O–H groups in total. The van der Waals surface area contributed by atoms with E-state index >= 15 is 0 Å². The maximum atomic E-state index is 3.64. The Balaban J connectivity index is 1.50. The minimum absolute atomic E-state index is 0.832. The number of nitrogens with one attached hydrogen (secondary N) is 1. The van der Waals surface area contributed by atoms with Crippen LogP contribution in [0.25, 0.3) is 0 Å². The molecule has 2 heteroatoms. The van der Waals surface area contributed by atoms with Gasteiger partial charge in [0, 0.05) is 12.1 Å². The van der Waals surface area contributed by atoms with Crippen molar-refractivity contribution < 1.29 is 0 Å². The largest absolute Gasteiger partial charge is 0.314 e. The average Bonchev–Trinajstić information content (AvgIpc) is 2.89. The van der Waals surface area contributed by atoms with Crippen molar-refractivity contribution in [2.24, 2.45) is 5.92 Å². The SMILES string of the molecule is C1CNC(CCN2CCCC3CCCCC32)C1. The summed E-state index contributed by atoms with van der Waals surface area (Å²) < 4.78 is 0. The molecule has 0 bridgehead atoms. The predicted molar refractivity (Wildman–Crippen MR) is 72.2 cm³/mol. The van der Waals surface area contributed by atoms with Gasteiger partial charge in [-0.2, -0.15) is 0 Å². The smallest absolute Gasteiger partial charge is 0.0123 e. The molecule has 2 nitrogen and oxygen atoms in total. The molecule has 0 aromatic rings. The van der Waals surface area contributed by atoms with Crippen molar-refractivity contribution in [3.8, 4) is 0 Å². The van der Waals surface area contributed by atoms with Crippen molar-refractivity contribution >= 4 is 0 Å². The van der Waals surface area contributed by atoms with Crippen molar-refractivity contribution in [2.75, 3.05) is 19.6 Å². The monoisotopic (exact) mass is 236 g/mol. The van der Waals surface area contributed by atoms with E-state index in [0.717, 1.165) is 18.0 Å². The summed E-state index contributed by atoms with van der Waals surface area (Å²) in [6.45, 7) is 4.00. The standard InChI is InChI=1S/C15H28N2/c1-2-8-15-13(5-1)6-4-11-17(15)12-9-14-7-3-10-16-14/h13-16H,1-12H2. The number of hydrogen-bond acceptors (Lipinski definition) is 2. The molecule has 0 amide bonds. The molecule has 98 valence electrons. The number of nitrogens with zero attached hydrogens (tertiary/aromatic N) is 1. The van der Waals surface area contributed by atoms with Gasteiger partial charge in [-0.25, -0.2) is 0 Å². The Morgan fingerprint density at radius 1 is 0.941 bits per heavy atom. The van der Waals surface area contributed by atoms with E-state index in [4.69, 9.17) is 0 Å². The lowest BCUT2D eigenvalue weighted by Crippen LogP contribution is -2.47. The van der Waals surface area contributed by atoms with Crippen LogP contribution in [0.5, 0.6) is 0 Å². The maximum absolute atomic E-state index is 3.64. The molecule has 2 aliphatic heterocycles. The summed E-state index contributed by atoms with van der Waals surface area (Å²) in [6, 6.07) is 1.79.